The van der Waals surface area contributed by atoms with Crippen molar-refractivity contribution in [1.29, 1.82) is 0 Å². The van der Waals surface area contributed by atoms with Gasteiger partial charge in [-0.1, -0.05) is 0 Å². The van der Waals surface area contributed by atoms with Crippen LogP contribution in [0.25, 0.3) is 0 Å². The van der Waals surface area contributed by atoms with Crippen LogP contribution in [0.2, 0.25) is 0 Å². The molecule has 8 heavy (non-hydrogen) atoms. The third-order valence-electron chi connectivity index (χ3n) is 0.306. The molecule has 0 aliphatic carbocycles. The van der Waals surface area contributed by atoms with Crippen molar-refractivity contribution in [2.24, 2.45) is 5.73 Å². The van der Waals surface area contributed by atoms with Gasteiger partial charge in [0.2, 0.25) is 0 Å². The van der Waals surface area contributed by atoms with Gasteiger partial charge < -0.3 is 10.3 Å². The van der Waals surface area contributed by atoms with E-state index < -0.39 is 14.7 Å². The standard InChI is InChI=1S/C2H4NO3P.Na.H/c3-1-2(4)6-7-5;;/h1,3H2;;. The maximum atomic E-state index is 9.86. The molecule has 4 nitrogen and oxygen atoms in total. The SMILES string of the molecule is NCC(=O)OP=O.[NaH]. The fourth-order valence-electron chi connectivity index (χ4n) is 0.0788. The molecule has 0 rings (SSSR count). The van der Waals surface area contributed by atoms with Crippen molar-refractivity contribution in [1.82, 2.24) is 0 Å². The summed E-state index contributed by atoms with van der Waals surface area (Å²) in [5.41, 5.74) is 4.74. The minimum absolute atomic E-state index is 0. The molecule has 0 unspecified atom stereocenters. The summed E-state index contributed by atoms with van der Waals surface area (Å²) >= 11 is 0. The van der Waals surface area contributed by atoms with Gasteiger partial charge in [-0.25, -0.2) is 9.36 Å². The second-order valence-corrected chi connectivity index (χ2v) is 1.07. The number of carbonyl (C=O) groups excluding carboxylic acids is 1. The third-order valence-corrected chi connectivity index (χ3v) is 0.584. The summed E-state index contributed by atoms with van der Waals surface area (Å²) in [4.78, 5) is 9.86. The molecule has 0 heterocycles. The quantitative estimate of drug-likeness (QED) is 0.401. The van der Waals surface area contributed by atoms with E-state index in [1.54, 1.807) is 0 Å². The van der Waals surface area contributed by atoms with Gasteiger partial charge in [0.1, 0.15) is 0 Å². The molecule has 0 aliphatic heterocycles. The Bertz CT molecular complexity index is 87.4. The van der Waals surface area contributed by atoms with Crippen LogP contribution in [0.1, 0.15) is 0 Å². The predicted octanol–water partition coefficient (Wildman–Crippen LogP) is -0.954. The summed E-state index contributed by atoms with van der Waals surface area (Å²) in [6.45, 7) is -0.227. The predicted molar refractivity (Wildman–Crippen MR) is 29.9 cm³/mol. The minimum atomic E-state index is -0.670. The fraction of sp³-hybridized carbons (Fsp3) is 0.500. The molecule has 0 spiro atoms. The summed E-state index contributed by atoms with van der Waals surface area (Å²) in [5.74, 6) is -0.670. The van der Waals surface area contributed by atoms with Gasteiger partial charge in [0.25, 0.3) is 0 Å². The van der Waals surface area contributed by atoms with Gasteiger partial charge in [0, 0.05) is 0 Å². The average molecular weight is 145 g/mol. The number of rotatable bonds is 2. The van der Waals surface area contributed by atoms with Gasteiger partial charge in [-0.2, -0.15) is 0 Å². The van der Waals surface area contributed by atoms with Crippen LogP contribution < -0.4 is 5.73 Å². The van der Waals surface area contributed by atoms with Crippen molar-refractivity contribution in [2.45, 2.75) is 0 Å². The first-order chi connectivity index (χ1) is 3.31. The monoisotopic (exact) mass is 145 g/mol. The van der Waals surface area contributed by atoms with Gasteiger partial charge >= 0.3 is 44.2 Å². The van der Waals surface area contributed by atoms with Crippen LogP contribution in [0.3, 0.4) is 0 Å². The maximum absolute atomic E-state index is 9.86. The molecule has 0 radical (unpaired) electrons. The van der Waals surface area contributed by atoms with Crippen molar-refractivity contribution < 1.29 is 13.9 Å². The van der Waals surface area contributed by atoms with Gasteiger partial charge in [0.15, 0.2) is 0 Å². The summed E-state index contributed by atoms with van der Waals surface area (Å²) < 4.78 is 13.2. The van der Waals surface area contributed by atoms with E-state index in [2.05, 4.69) is 4.52 Å². The Balaban J connectivity index is 0. The first kappa shape index (κ1) is 11.3. The van der Waals surface area contributed by atoms with E-state index in [-0.39, 0.29) is 36.1 Å². The van der Waals surface area contributed by atoms with Crippen LogP contribution >= 0.6 is 8.69 Å². The molecule has 0 saturated carbocycles. The average Bonchev–Trinajstić information content (AvgIpc) is 1.68. The molecular formula is C2H5NNaO3P. The van der Waals surface area contributed by atoms with Gasteiger partial charge in [-0.15, -0.1) is 0 Å². The summed E-state index contributed by atoms with van der Waals surface area (Å²) in [5, 5.41) is 0. The Kier molecular flexibility index (Phi) is 10.7. The number of carbonyl (C=O) groups is 1. The van der Waals surface area contributed by atoms with Crippen LogP contribution in [0.5, 0.6) is 0 Å². The van der Waals surface area contributed by atoms with Crippen molar-refractivity contribution in [2.75, 3.05) is 6.54 Å². The Hall–Kier alpha value is 0.530. The number of hydrogen-bond acceptors (Lipinski definition) is 4. The first-order valence-electron chi connectivity index (χ1n) is 1.54. The zero-order valence-corrected chi connectivity index (χ0v) is 4.35. The zero-order valence-electron chi connectivity index (χ0n) is 3.46. The second-order valence-electron chi connectivity index (χ2n) is 0.742. The zero-order chi connectivity index (χ0) is 5.70. The molecule has 0 aromatic carbocycles. The van der Waals surface area contributed by atoms with Crippen LogP contribution in [0.15, 0.2) is 0 Å². The Labute approximate surface area is 70.3 Å². The molecule has 0 aromatic heterocycles. The van der Waals surface area contributed by atoms with Crippen molar-refractivity contribution in [3.8, 4) is 0 Å². The van der Waals surface area contributed by atoms with Crippen molar-refractivity contribution in [3.05, 3.63) is 0 Å². The first-order valence-corrected chi connectivity index (χ1v) is 2.27. The molecule has 0 aromatic rings. The van der Waals surface area contributed by atoms with E-state index >= 15 is 0 Å². The van der Waals surface area contributed by atoms with Gasteiger partial charge in [-0.05, 0) is 0 Å². The van der Waals surface area contributed by atoms with Crippen molar-refractivity contribution in [3.63, 3.8) is 0 Å². The topological polar surface area (TPSA) is 69.4 Å². The summed E-state index contributed by atoms with van der Waals surface area (Å²) in [6.07, 6.45) is 0. The molecule has 0 aliphatic rings. The molecule has 0 fully saturated rings. The van der Waals surface area contributed by atoms with Crippen LogP contribution in [0, 0.1) is 0 Å². The number of hydrogen-bond donors (Lipinski definition) is 1. The second kappa shape index (κ2) is 7.53. The molecule has 0 atom stereocenters. The fourth-order valence-corrected chi connectivity index (χ4v) is 0.237. The van der Waals surface area contributed by atoms with Gasteiger partial charge in [0.05, 0.1) is 6.54 Å². The number of nitrogens with two attached hydrogens (primary N) is 1. The van der Waals surface area contributed by atoms with E-state index in [9.17, 15) is 9.36 Å². The molecule has 2 N–H and O–H groups in total. The van der Waals surface area contributed by atoms with E-state index in [4.69, 9.17) is 5.73 Å². The summed E-state index contributed by atoms with van der Waals surface area (Å²) in [7, 11) is -0.640. The molecule has 0 bridgehead atoms. The molecule has 0 amide bonds. The molecular weight excluding hydrogens is 140 g/mol. The van der Waals surface area contributed by atoms with Gasteiger partial charge in [-0.3, -0.25) is 0 Å². The van der Waals surface area contributed by atoms with Crippen LogP contribution in [-0.4, -0.2) is 42.1 Å². The Morgan fingerprint density at radius 3 is 2.38 bits per heavy atom. The van der Waals surface area contributed by atoms with Crippen molar-refractivity contribution >= 4 is 44.2 Å². The van der Waals surface area contributed by atoms with Crippen LogP contribution in [0.4, 0.5) is 0 Å². The molecule has 6 heteroatoms. The Morgan fingerprint density at radius 1 is 1.75 bits per heavy atom. The van der Waals surface area contributed by atoms with E-state index in [1.165, 1.54) is 0 Å². The van der Waals surface area contributed by atoms with E-state index in [0.29, 0.717) is 0 Å². The normalized spacial score (nSPS) is 7.62. The van der Waals surface area contributed by atoms with E-state index in [0.717, 1.165) is 0 Å². The van der Waals surface area contributed by atoms with Crippen LogP contribution in [-0.2, 0) is 13.9 Å². The van der Waals surface area contributed by atoms with E-state index in [1.807, 2.05) is 0 Å². The summed E-state index contributed by atoms with van der Waals surface area (Å²) in [6, 6.07) is 0. The Morgan fingerprint density at radius 2 is 2.25 bits per heavy atom. The molecule has 42 valence electrons. The third kappa shape index (κ3) is 6.53. The molecule has 0 saturated heterocycles.